The van der Waals surface area contributed by atoms with E-state index in [1.165, 1.54) is 11.4 Å². The molecule has 0 aliphatic rings. The van der Waals surface area contributed by atoms with Crippen molar-refractivity contribution >= 4 is 15.7 Å². The third-order valence-electron chi connectivity index (χ3n) is 3.48. The van der Waals surface area contributed by atoms with E-state index >= 15 is 0 Å². The summed E-state index contributed by atoms with van der Waals surface area (Å²) in [6.07, 6.45) is 0. The molecule has 0 saturated heterocycles. The van der Waals surface area contributed by atoms with Gasteiger partial charge in [-0.1, -0.05) is 0 Å². The molecule has 1 aromatic rings. The second kappa shape index (κ2) is 5.69. The van der Waals surface area contributed by atoms with Crippen LogP contribution in [-0.2, 0) is 10.0 Å². The number of aliphatic hydroxyl groups is 1. The number of likely N-dealkylation sites (N-methyl/N-ethyl adjacent to an activating group) is 1. The Morgan fingerprint density at radius 1 is 1.30 bits per heavy atom. The third kappa shape index (κ3) is 2.95. The molecule has 0 heterocycles. The summed E-state index contributed by atoms with van der Waals surface area (Å²) in [7, 11) is -2.22. The number of nitrogens with one attached hydrogen (secondary N) is 1. The number of hydrazine groups is 1. The molecule has 1 rings (SSSR count). The summed E-state index contributed by atoms with van der Waals surface area (Å²) in [5.74, 6) is 5.35. The molecule has 0 aliphatic carbocycles. The normalized spacial score (nSPS) is 12.8. The number of aryl methyl sites for hydroxylation is 2. The van der Waals surface area contributed by atoms with Crippen LogP contribution in [0.25, 0.3) is 0 Å². The van der Waals surface area contributed by atoms with E-state index in [0.29, 0.717) is 16.8 Å². The number of aliphatic hydroxyl groups excluding tert-OH is 1. The lowest BCUT2D eigenvalue weighted by Gasteiger charge is -2.33. The first-order chi connectivity index (χ1) is 9.07. The van der Waals surface area contributed by atoms with Crippen molar-refractivity contribution in [3.8, 4) is 0 Å². The topological polar surface area (TPSA) is 95.7 Å². The highest BCUT2D eigenvalue weighted by atomic mass is 32.2. The maximum atomic E-state index is 12.7. The van der Waals surface area contributed by atoms with Gasteiger partial charge in [0.25, 0.3) is 0 Å². The second-order valence-corrected chi connectivity index (χ2v) is 7.43. The van der Waals surface area contributed by atoms with Gasteiger partial charge in [-0.15, -0.1) is 0 Å². The fraction of sp³-hybridized carbons (Fsp3) is 0.538. The number of nitrogens with two attached hydrogens (primary N) is 1. The Bertz CT molecular complexity index is 574. The van der Waals surface area contributed by atoms with Crippen LogP contribution < -0.4 is 11.3 Å². The SMILES string of the molecule is Cc1cc(NN)cc(C)c1S(=O)(=O)N(C)C(C)(C)CO. The molecular formula is C13H23N3O3S. The van der Waals surface area contributed by atoms with Gasteiger partial charge in [-0.3, -0.25) is 5.84 Å². The van der Waals surface area contributed by atoms with Gasteiger partial charge in [0, 0.05) is 12.7 Å². The van der Waals surface area contributed by atoms with Crippen LogP contribution in [0, 0.1) is 13.8 Å². The summed E-state index contributed by atoms with van der Waals surface area (Å²) in [5, 5.41) is 9.36. The lowest BCUT2D eigenvalue weighted by atomic mass is 10.1. The van der Waals surface area contributed by atoms with Gasteiger partial charge < -0.3 is 10.5 Å². The Labute approximate surface area is 120 Å². The van der Waals surface area contributed by atoms with Crippen LogP contribution in [0.1, 0.15) is 25.0 Å². The number of hydrogen-bond donors (Lipinski definition) is 3. The summed E-state index contributed by atoms with van der Waals surface area (Å²) >= 11 is 0. The number of hydrogen-bond acceptors (Lipinski definition) is 5. The van der Waals surface area contributed by atoms with Crippen LogP contribution in [0.2, 0.25) is 0 Å². The monoisotopic (exact) mass is 301 g/mol. The Kier molecular flexibility index (Phi) is 4.81. The molecule has 0 spiro atoms. The molecule has 1 aromatic carbocycles. The Morgan fingerprint density at radius 2 is 1.75 bits per heavy atom. The summed E-state index contributed by atoms with van der Waals surface area (Å²) in [4.78, 5) is 0.250. The van der Waals surface area contributed by atoms with E-state index in [1.807, 2.05) is 0 Å². The molecule has 0 atom stereocenters. The van der Waals surface area contributed by atoms with Crippen LogP contribution in [0.15, 0.2) is 17.0 Å². The Hall–Kier alpha value is -1.15. The van der Waals surface area contributed by atoms with Gasteiger partial charge in [0.05, 0.1) is 17.0 Å². The molecule has 114 valence electrons. The maximum Gasteiger partial charge on any atom is 0.243 e. The van der Waals surface area contributed by atoms with E-state index in [1.54, 1.807) is 39.8 Å². The minimum Gasteiger partial charge on any atom is -0.394 e. The minimum atomic E-state index is -3.69. The van der Waals surface area contributed by atoms with Gasteiger partial charge in [-0.25, -0.2) is 8.42 Å². The fourth-order valence-corrected chi connectivity index (χ4v) is 3.92. The lowest BCUT2D eigenvalue weighted by molar-refractivity contribution is 0.138. The molecule has 0 bridgehead atoms. The third-order valence-corrected chi connectivity index (χ3v) is 5.86. The molecule has 0 radical (unpaired) electrons. The highest BCUT2D eigenvalue weighted by molar-refractivity contribution is 7.89. The quantitative estimate of drug-likeness (QED) is 0.556. The first-order valence-electron chi connectivity index (χ1n) is 6.25. The number of rotatable bonds is 5. The van der Waals surface area contributed by atoms with Crippen LogP contribution in [0.5, 0.6) is 0 Å². The van der Waals surface area contributed by atoms with Crippen molar-refractivity contribution in [1.82, 2.24) is 4.31 Å². The standard InChI is InChI=1S/C13H23N3O3S/c1-9-6-11(15-14)7-10(2)12(9)20(18,19)16(5)13(3,4)8-17/h6-7,15,17H,8,14H2,1-5H3. The predicted molar refractivity (Wildman–Crippen MR) is 79.8 cm³/mol. The minimum absolute atomic E-state index is 0.250. The van der Waals surface area contributed by atoms with E-state index < -0.39 is 15.6 Å². The fourth-order valence-electron chi connectivity index (χ4n) is 2.00. The number of benzene rings is 1. The Morgan fingerprint density at radius 3 is 2.10 bits per heavy atom. The largest absolute Gasteiger partial charge is 0.394 e. The number of anilines is 1. The zero-order valence-electron chi connectivity index (χ0n) is 12.6. The van der Waals surface area contributed by atoms with Gasteiger partial charge in [0.15, 0.2) is 0 Å². The summed E-state index contributed by atoms with van der Waals surface area (Å²) < 4.78 is 26.7. The van der Waals surface area contributed by atoms with Gasteiger partial charge in [0.1, 0.15) is 0 Å². The molecule has 0 aromatic heterocycles. The van der Waals surface area contributed by atoms with Crippen molar-refractivity contribution in [3.05, 3.63) is 23.3 Å². The smallest absolute Gasteiger partial charge is 0.243 e. The zero-order valence-corrected chi connectivity index (χ0v) is 13.4. The van der Waals surface area contributed by atoms with Crippen molar-refractivity contribution in [2.24, 2.45) is 5.84 Å². The lowest BCUT2D eigenvalue weighted by Crippen LogP contribution is -2.47. The highest BCUT2D eigenvalue weighted by Gasteiger charge is 2.35. The predicted octanol–water partition coefficient (Wildman–Crippen LogP) is 0.980. The van der Waals surface area contributed by atoms with E-state index in [9.17, 15) is 13.5 Å². The van der Waals surface area contributed by atoms with Crippen molar-refractivity contribution in [3.63, 3.8) is 0 Å². The molecule has 0 saturated carbocycles. The molecular weight excluding hydrogens is 278 g/mol. The van der Waals surface area contributed by atoms with Crippen molar-refractivity contribution in [1.29, 1.82) is 0 Å². The molecule has 0 fully saturated rings. The molecule has 6 nitrogen and oxygen atoms in total. The molecule has 0 amide bonds. The van der Waals surface area contributed by atoms with Crippen molar-refractivity contribution in [2.45, 2.75) is 38.1 Å². The van der Waals surface area contributed by atoms with E-state index in [-0.39, 0.29) is 11.5 Å². The summed E-state index contributed by atoms with van der Waals surface area (Å²) in [5.41, 5.74) is 3.51. The average Bonchev–Trinajstić information content (AvgIpc) is 2.36. The van der Waals surface area contributed by atoms with Crippen molar-refractivity contribution < 1.29 is 13.5 Å². The molecule has 20 heavy (non-hydrogen) atoms. The molecule has 0 aliphatic heterocycles. The van der Waals surface area contributed by atoms with Crippen LogP contribution in [0.3, 0.4) is 0 Å². The number of sulfonamides is 1. The number of nitrogen functional groups attached to an aromatic ring is 1. The van der Waals surface area contributed by atoms with Crippen LogP contribution in [-0.4, -0.2) is 37.0 Å². The maximum absolute atomic E-state index is 12.7. The van der Waals surface area contributed by atoms with Gasteiger partial charge in [-0.05, 0) is 51.0 Å². The summed E-state index contributed by atoms with van der Waals surface area (Å²) in [6.45, 7) is 6.53. The Balaban J connectivity index is 3.44. The average molecular weight is 301 g/mol. The number of nitrogens with zero attached hydrogens (tertiary/aromatic N) is 1. The van der Waals surface area contributed by atoms with Crippen LogP contribution >= 0.6 is 0 Å². The van der Waals surface area contributed by atoms with Gasteiger partial charge in [-0.2, -0.15) is 4.31 Å². The molecule has 7 heteroatoms. The summed E-state index contributed by atoms with van der Waals surface area (Å²) in [6, 6.07) is 3.36. The van der Waals surface area contributed by atoms with Gasteiger partial charge >= 0.3 is 0 Å². The molecule has 0 unspecified atom stereocenters. The van der Waals surface area contributed by atoms with Crippen LogP contribution in [0.4, 0.5) is 5.69 Å². The second-order valence-electron chi connectivity index (χ2n) is 5.53. The van der Waals surface area contributed by atoms with E-state index in [0.717, 1.165) is 0 Å². The van der Waals surface area contributed by atoms with E-state index in [2.05, 4.69) is 5.43 Å². The zero-order chi connectivity index (χ0) is 15.7. The van der Waals surface area contributed by atoms with E-state index in [4.69, 9.17) is 5.84 Å². The highest BCUT2D eigenvalue weighted by Crippen LogP contribution is 2.29. The van der Waals surface area contributed by atoms with Crippen molar-refractivity contribution in [2.75, 3.05) is 19.1 Å². The first kappa shape index (κ1) is 16.9. The molecule has 4 N–H and O–H groups in total. The first-order valence-corrected chi connectivity index (χ1v) is 7.69. The van der Waals surface area contributed by atoms with Gasteiger partial charge in [0.2, 0.25) is 10.0 Å².